The van der Waals surface area contributed by atoms with Crippen molar-refractivity contribution in [2.75, 3.05) is 5.75 Å². The van der Waals surface area contributed by atoms with Crippen molar-refractivity contribution in [1.29, 1.82) is 0 Å². The second-order valence-corrected chi connectivity index (χ2v) is 6.49. The van der Waals surface area contributed by atoms with E-state index in [1.807, 2.05) is 24.3 Å². The van der Waals surface area contributed by atoms with E-state index < -0.39 is 10.8 Å². The third-order valence-corrected chi connectivity index (χ3v) is 5.59. The molecule has 1 fully saturated rings. The van der Waals surface area contributed by atoms with E-state index in [0.717, 1.165) is 24.2 Å². The van der Waals surface area contributed by atoms with Crippen molar-refractivity contribution >= 4 is 16.6 Å². The Morgan fingerprint density at radius 1 is 1.12 bits per heavy atom. The molecule has 1 aromatic carbocycles. The van der Waals surface area contributed by atoms with Crippen molar-refractivity contribution in [3.8, 4) is 0 Å². The summed E-state index contributed by atoms with van der Waals surface area (Å²) in [5.41, 5.74) is 0.709. The minimum absolute atomic E-state index is 0.122. The Morgan fingerprint density at radius 2 is 1.88 bits per heavy atom. The van der Waals surface area contributed by atoms with Crippen LogP contribution in [-0.2, 0) is 10.8 Å². The van der Waals surface area contributed by atoms with E-state index in [0.29, 0.717) is 17.2 Å². The van der Waals surface area contributed by atoms with Crippen LogP contribution in [0.2, 0.25) is 0 Å². The molecular weight excluding hydrogens is 232 g/mol. The van der Waals surface area contributed by atoms with Crippen LogP contribution in [-0.4, -0.2) is 15.7 Å². The minimum Gasteiger partial charge on any atom is -0.294 e. The third kappa shape index (κ3) is 1.86. The lowest BCUT2D eigenvalue weighted by Gasteiger charge is -2.27. The van der Waals surface area contributed by atoms with Crippen molar-refractivity contribution in [3.63, 3.8) is 0 Å². The average Bonchev–Trinajstić information content (AvgIpc) is 2.48. The zero-order chi connectivity index (χ0) is 11.8. The molecule has 2 nitrogen and oxygen atoms in total. The Balaban J connectivity index is 2.08. The van der Waals surface area contributed by atoms with Crippen LogP contribution < -0.4 is 0 Å². The Morgan fingerprint density at radius 3 is 2.76 bits per heavy atom. The minimum atomic E-state index is -0.992. The Kier molecular flexibility index (Phi) is 2.87. The molecule has 0 radical (unpaired) electrons. The molecule has 0 bridgehead atoms. The van der Waals surface area contributed by atoms with E-state index >= 15 is 0 Å². The number of ketones is 1. The van der Waals surface area contributed by atoms with Crippen molar-refractivity contribution in [2.24, 2.45) is 11.8 Å². The first-order valence-corrected chi connectivity index (χ1v) is 7.61. The van der Waals surface area contributed by atoms with Crippen molar-refractivity contribution in [2.45, 2.75) is 30.6 Å². The summed E-state index contributed by atoms with van der Waals surface area (Å²) in [4.78, 5) is 13.2. The van der Waals surface area contributed by atoms with Gasteiger partial charge in [0, 0.05) is 22.1 Å². The molecule has 1 saturated carbocycles. The summed E-state index contributed by atoms with van der Waals surface area (Å²) in [5, 5.41) is 0. The van der Waals surface area contributed by atoms with Crippen LogP contribution in [0.25, 0.3) is 0 Å². The first-order valence-electron chi connectivity index (χ1n) is 6.29. The second kappa shape index (κ2) is 4.37. The van der Waals surface area contributed by atoms with E-state index in [1.165, 1.54) is 6.42 Å². The summed E-state index contributed by atoms with van der Waals surface area (Å²) in [5.74, 6) is 1.37. The van der Waals surface area contributed by atoms with Crippen LogP contribution in [0, 0.1) is 11.8 Å². The zero-order valence-electron chi connectivity index (χ0n) is 9.72. The normalized spacial score (nSPS) is 32.5. The van der Waals surface area contributed by atoms with Gasteiger partial charge in [0.05, 0.1) is 10.8 Å². The molecule has 0 aromatic heterocycles. The van der Waals surface area contributed by atoms with Gasteiger partial charge in [0.25, 0.3) is 0 Å². The monoisotopic (exact) mass is 248 g/mol. The van der Waals surface area contributed by atoms with Gasteiger partial charge in [-0.2, -0.15) is 0 Å². The lowest BCUT2D eigenvalue weighted by molar-refractivity contribution is 0.0840. The van der Waals surface area contributed by atoms with Gasteiger partial charge < -0.3 is 0 Å². The number of hydrogen-bond donors (Lipinski definition) is 0. The fourth-order valence-corrected chi connectivity index (χ4v) is 4.72. The lowest BCUT2D eigenvalue weighted by atomic mass is 9.76. The molecule has 2 aliphatic rings. The molecule has 1 aliphatic carbocycles. The number of carbonyl (C=O) groups excluding carboxylic acids is 1. The van der Waals surface area contributed by atoms with Crippen LogP contribution in [0.4, 0.5) is 0 Å². The summed E-state index contributed by atoms with van der Waals surface area (Å²) in [7, 11) is -0.992. The highest BCUT2D eigenvalue weighted by Gasteiger charge is 2.36. The van der Waals surface area contributed by atoms with Gasteiger partial charge in [-0.15, -0.1) is 0 Å². The van der Waals surface area contributed by atoms with Gasteiger partial charge in [0.2, 0.25) is 0 Å². The molecule has 90 valence electrons. The number of carbonyl (C=O) groups is 1. The fraction of sp³-hybridized carbons (Fsp3) is 0.500. The Hall–Kier alpha value is -0.960. The van der Waals surface area contributed by atoms with Crippen molar-refractivity contribution < 1.29 is 9.00 Å². The second-order valence-electron chi connectivity index (χ2n) is 5.02. The lowest BCUT2D eigenvalue weighted by Crippen LogP contribution is -2.28. The van der Waals surface area contributed by atoms with Crippen LogP contribution >= 0.6 is 0 Å². The standard InChI is InChI=1S/C14H16O2S/c15-14-11-6-2-1-5-10(11)9-17(16)13-8-4-3-7-12(13)14/h3-4,7-8,10-11H,1-2,5-6,9H2/t10-,11-,17?/m0/s1. The first-order chi connectivity index (χ1) is 8.27. The average molecular weight is 248 g/mol. The predicted molar refractivity (Wildman–Crippen MR) is 67.5 cm³/mol. The summed E-state index contributed by atoms with van der Waals surface area (Å²) in [6, 6.07) is 7.43. The summed E-state index contributed by atoms with van der Waals surface area (Å²) >= 11 is 0. The first kappa shape index (κ1) is 11.1. The number of fused-ring (bicyclic) bond motifs is 2. The van der Waals surface area contributed by atoms with Gasteiger partial charge in [-0.25, -0.2) is 0 Å². The molecule has 0 saturated heterocycles. The molecule has 3 atom stereocenters. The summed E-state index contributed by atoms with van der Waals surface area (Å²) < 4.78 is 12.3. The Labute approximate surface area is 104 Å². The largest absolute Gasteiger partial charge is 0.294 e. The SMILES string of the molecule is O=C1c2ccccc2S(=O)C[C@@H]2CCCC[C@H]12. The predicted octanol–water partition coefficient (Wildman–Crippen LogP) is 2.80. The highest BCUT2D eigenvalue weighted by atomic mass is 32.2. The number of rotatable bonds is 0. The number of Topliss-reactive ketones (excluding diaryl/α,β-unsaturated/α-hetero) is 1. The van der Waals surface area contributed by atoms with Gasteiger partial charge in [-0.3, -0.25) is 9.00 Å². The van der Waals surface area contributed by atoms with E-state index in [9.17, 15) is 9.00 Å². The molecule has 1 heterocycles. The van der Waals surface area contributed by atoms with E-state index in [1.54, 1.807) is 0 Å². The molecule has 3 rings (SSSR count). The molecule has 1 aromatic rings. The van der Waals surface area contributed by atoms with Gasteiger partial charge >= 0.3 is 0 Å². The van der Waals surface area contributed by atoms with Crippen LogP contribution in [0.1, 0.15) is 36.0 Å². The molecular formula is C14H16O2S. The maximum absolute atomic E-state index is 12.5. The molecule has 1 aliphatic heterocycles. The fourth-order valence-electron chi connectivity index (χ4n) is 3.11. The van der Waals surface area contributed by atoms with E-state index in [2.05, 4.69) is 0 Å². The molecule has 1 unspecified atom stereocenters. The van der Waals surface area contributed by atoms with Gasteiger partial charge in [-0.1, -0.05) is 31.0 Å². The summed E-state index contributed by atoms with van der Waals surface area (Å²) in [6.45, 7) is 0. The third-order valence-electron chi connectivity index (χ3n) is 4.01. The van der Waals surface area contributed by atoms with Crippen LogP contribution in [0.3, 0.4) is 0 Å². The zero-order valence-corrected chi connectivity index (χ0v) is 10.5. The maximum Gasteiger partial charge on any atom is 0.167 e. The molecule has 0 amide bonds. The van der Waals surface area contributed by atoms with Gasteiger partial charge in [0.1, 0.15) is 0 Å². The van der Waals surface area contributed by atoms with Crippen molar-refractivity contribution in [3.05, 3.63) is 29.8 Å². The van der Waals surface area contributed by atoms with E-state index in [-0.39, 0.29) is 11.7 Å². The molecule has 0 spiro atoms. The molecule has 3 heteroatoms. The summed E-state index contributed by atoms with van der Waals surface area (Å²) in [6.07, 6.45) is 4.37. The highest BCUT2D eigenvalue weighted by Crippen LogP contribution is 2.37. The van der Waals surface area contributed by atoms with Crippen LogP contribution in [0.15, 0.2) is 29.2 Å². The molecule has 0 N–H and O–H groups in total. The highest BCUT2D eigenvalue weighted by molar-refractivity contribution is 7.85. The van der Waals surface area contributed by atoms with Crippen LogP contribution in [0.5, 0.6) is 0 Å². The van der Waals surface area contributed by atoms with Crippen molar-refractivity contribution in [1.82, 2.24) is 0 Å². The smallest absolute Gasteiger partial charge is 0.167 e. The Bertz CT molecular complexity index is 481. The van der Waals surface area contributed by atoms with Gasteiger partial charge in [0.15, 0.2) is 5.78 Å². The quantitative estimate of drug-likeness (QED) is 0.707. The van der Waals surface area contributed by atoms with E-state index in [4.69, 9.17) is 0 Å². The molecule has 17 heavy (non-hydrogen) atoms. The topological polar surface area (TPSA) is 34.1 Å². The number of benzene rings is 1. The number of hydrogen-bond acceptors (Lipinski definition) is 2. The van der Waals surface area contributed by atoms with Gasteiger partial charge in [-0.05, 0) is 24.8 Å². The maximum atomic E-state index is 12.5.